The van der Waals surface area contributed by atoms with Crippen molar-refractivity contribution in [2.24, 2.45) is 28.6 Å². The highest BCUT2D eigenvalue weighted by Crippen LogP contribution is 2.65. The number of fused-ring (bicyclic) bond motifs is 4. The smallest absolute Gasteiger partial charge is 0.311 e. The Morgan fingerprint density at radius 3 is 2.77 bits per heavy atom. The van der Waals surface area contributed by atoms with Crippen LogP contribution < -0.4 is 0 Å². The first-order valence-electron chi connectivity index (χ1n) is 9.74. The summed E-state index contributed by atoms with van der Waals surface area (Å²) in [6.07, 6.45) is 6.22. The summed E-state index contributed by atoms with van der Waals surface area (Å²) < 4.78 is 10.8. The standard InChI is InChI=1S/C21H28O5/c1-12-13-5-6-17-20(2,19(24)25-3)8-4-9-21(17,18(22)23)15(13)11-16-14(12)7-10-26-16/h7,10,12-13,15,17H,4-6,8-9,11H2,1-3H3,(H,22,23). The Labute approximate surface area is 154 Å². The molecule has 3 aliphatic rings. The first-order valence-corrected chi connectivity index (χ1v) is 9.74. The molecule has 0 aliphatic heterocycles. The summed E-state index contributed by atoms with van der Waals surface area (Å²) in [5, 5.41) is 10.5. The van der Waals surface area contributed by atoms with E-state index in [9.17, 15) is 14.7 Å². The van der Waals surface area contributed by atoms with Gasteiger partial charge in [0, 0.05) is 6.42 Å². The van der Waals surface area contributed by atoms with Crippen molar-refractivity contribution >= 4 is 11.9 Å². The molecule has 0 bridgehead atoms. The second-order valence-corrected chi connectivity index (χ2v) is 8.80. The predicted octanol–water partition coefficient (Wildman–Crippen LogP) is 4.02. The van der Waals surface area contributed by atoms with Crippen LogP contribution in [0.25, 0.3) is 0 Å². The number of hydrogen-bond donors (Lipinski definition) is 1. The van der Waals surface area contributed by atoms with Gasteiger partial charge in [-0.15, -0.1) is 0 Å². The highest BCUT2D eigenvalue weighted by molar-refractivity contribution is 5.82. The first kappa shape index (κ1) is 17.6. The summed E-state index contributed by atoms with van der Waals surface area (Å²) in [4.78, 5) is 25.4. The van der Waals surface area contributed by atoms with Gasteiger partial charge in [-0.3, -0.25) is 9.59 Å². The van der Waals surface area contributed by atoms with E-state index in [0.717, 1.165) is 25.0 Å². The molecule has 1 heterocycles. The number of carbonyl (C=O) groups excluding carboxylic acids is 1. The van der Waals surface area contributed by atoms with Gasteiger partial charge < -0.3 is 14.3 Å². The van der Waals surface area contributed by atoms with Gasteiger partial charge in [0.05, 0.1) is 24.2 Å². The van der Waals surface area contributed by atoms with Crippen molar-refractivity contribution in [3.05, 3.63) is 23.7 Å². The average molecular weight is 360 g/mol. The molecule has 0 spiro atoms. The van der Waals surface area contributed by atoms with Crippen molar-refractivity contribution in [1.29, 1.82) is 0 Å². The number of furan rings is 1. The minimum Gasteiger partial charge on any atom is -0.481 e. The Balaban J connectivity index is 1.83. The van der Waals surface area contributed by atoms with Crippen molar-refractivity contribution in [3.8, 4) is 0 Å². The van der Waals surface area contributed by atoms with Gasteiger partial charge in [0.15, 0.2) is 0 Å². The van der Waals surface area contributed by atoms with Crippen LogP contribution in [0.4, 0.5) is 0 Å². The van der Waals surface area contributed by atoms with E-state index >= 15 is 0 Å². The van der Waals surface area contributed by atoms with E-state index in [1.165, 1.54) is 12.7 Å². The summed E-state index contributed by atoms with van der Waals surface area (Å²) >= 11 is 0. The third-order valence-corrected chi connectivity index (χ3v) is 8.01. The minimum absolute atomic E-state index is 0.0108. The van der Waals surface area contributed by atoms with Gasteiger partial charge in [0.1, 0.15) is 5.76 Å². The first-order chi connectivity index (χ1) is 12.4. The lowest BCUT2D eigenvalue weighted by Gasteiger charge is -2.59. The van der Waals surface area contributed by atoms with E-state index in [2.05, 4.69) is 6.92 Å². The molecule has 5 nitrogen and oxygen atoms in total. The van der Waals surface area contributed by atoms with Gasteiger partial charge in [0.25, 0.3) is 0 Å². The lowest BCUT2D eigenvalue weighted by molar-refractivity contribution is -0.192. The predicted molar refractivity (Wildman–Crippen MR) is 94.6 cm³/mol. The number of hydrogen-bond acceptors (Lipinski definition) is 4. The van der Waals surface area contributed by atoms with Crippen molar-refractivity contribution in [3.63, 3.8) is 0 Å². The van der Waals surface area contributed by atoms with Crippen molar-refractivity contribution in [2.45, 2.75) is 58.3 Å². The maximum Gasteiger partial charge on any atom is 0.311 e. The third kappa shape index (κ3) is 2.09. The second-order valence-electron chi connectivity index (χ2n) is 8.80. The number of methoxy groups -OCH3 is 1. The molecule has 3 aliphatic carbocycles. The Morgan fingerprint density at radius 1 is 1.31 bits per heavy atom. The van der Waals surface area contributed by atoms with Crippen LogP contribution >= 0.6 is 0 Å². The average Bonchev–Trinajstić information content (AvgIpc) is 3.10. The van der Waals surface area contributed by atoms with E-state index in [4.69, 9.17) is 9.15 Å². The summed E-state index contributed by atoms with van der Waals surface area (Å²) in [5.74, 6) is 0.391. The fourth-order valence-corrected chi connectivity index (χ4v) is 6.80. The molecule has 4 rings (SSSR count). The van der Waals surface area contributed by atoms with Crippen molar-refractivity contribution in [2.75, 3.05) is 7.11 Å². The molecule has 1 aromatic rings. The molecule has 142 valence electrons. The minimum atomic E-state index is -0.872. The zero-order valence-corrected chi connectivity index (χ0v) is 15.8. The van der Waals surface area contributed by atoms with E-state index in [1.807, 2.05) is 13.0 Å². The number of esters is 1. The van der Waals surface area contributed by atoms with Crippen LogP contribution in [0.1, 0.15) is 63.2 Å². The van der Waals surface area contributed by atoms with Crippen LogP contribution in [0.2, 0.25) is 0 Å². The van der Waals surface area contributed by atoms with Crippen molar-refractivity contribution < 1.29 is 23.8 Å². The third-order valence-electron chi connectivity index (χ3n) is 8.01. The summed E-state index contributed by atoms with van der Waals surface area (Å²) in [6.45, 7) is 4.12. The summed E-state index contributed by atoms with van der Waals surface area (Å²) in [6, 6.07) is 2.04. The molecule has 0 radical (unpaired) electrons. The summed E-state index contributed by atoms with van der Waals surface area (Å²) in [7, 11) is 1.41. The zero-order chi connectivity index (χ0) is 18.7. The van der Waals surface area contributed by atoms with Crippen molar-refractivity contribution in [1.82, 2.24) is 0 Å². The molecule has 0 saturated heterocycles. The maximum atomic E-state index is 12.7. The van der Waals surface area contributed by atoms with Gasteiger partial charge in [-0.1, -0.05) is 13.3 Å². The Bertz CT molecular complexity index is 737. The maximum absolute atomic E-state index is 12.7. The van der Waals surface area contributed by atoms with E-state index in [1.54, 1.807) is 6.26 Å². The molecule has 6 atom stereocenters. The molecule has 0 amide bonds. The van der Waals surface area contributed by atoms with Crippen LogP contribution in [0.3, 0.4) is 0 Å². The lowest BCUT2D eigenvalue weighted by Crippen LogP contribution is -2.61. The SMILES string of the molecule is COC(=O)C1(C)CCCC2(C(=O)O)C3Cc4occc4C(C)C3CCC12. The normalized spacial score (nSPS) is 41.5. The summed E-state index contributed by atoms with van der Waals surface area (Å²) in [5.41, 5.74) is -0.358. The molecule has 1 N–H and O–H groups in total. The molecule has 0 aromatic carbocycles. The van der Waals surface area contributed by atoms with Gasteiger partial charge in [0.2, 0.25) is 0 Å². The molecular weight excluding hydrogens is 332 g/mol. The van der Waals surface area contributed by atoms with Crippen LogP contribution in [0, 0.1) is 28.6 Å². The van der Waals surface area contributed by atoms with E-state index < -0.39 is 16.8 Å². The van der Waals surface area contributed by atoms with E-state index in [0.29, 0.717) is 31.1 Å². The molecular formula is C21H28O5. The fourth-order valence-electron chi connectivity index (χ4n) is 6.80. The van der Waals surface area contributed by atoms with Gasteiger partial charge in [-0.05, 0) is 67.9 Å². The highest BCUT2D eigenvalue weighted by atomic mass is 16.5. The van der Waals surface area contributed by atoms with Gasteiger partial charge in [-0.2, -0.15) is 0 Å². The zero-order valence-electron chi connectivity index (χ0n) is 15.8. The Hall–Kier alpha value is -1.78. The number of carbonyl (C=O) groups is 2. The Morgan fingerprint density at radius 2 is 2.08 bits per heavy atom. The molecule has 5 heteroatoms. The van der Waals surface area contributed by atoms with E-state index in [-0.39, 0.29) is 17.8 Å². The molecule has 2 saturated carbocycles. The topological polar surface area (TPSA) is 76.7 Å². The molecule has 6 unspecified atom stereocenters. The number of carboxylic acid groups (broad SMARTS) is 1. The largest absolute Gasteiger partial charge is 0.481 e. The second kappa shape index (κ2) is 5.86. The number of aliphatic carboxylic acids is 1. The van der Waals surface area contributed by atoms with Crippen LogP contribution in [0.15, 0.2) is 16.7 Å². The molecule has 1 aromatic heterocycles. The number of rotatable bonds is 2. The van der Waals surface area contributed by atoms with Crippen LogP contribution in [-0.4, -0.2) is 24.2 Å². The number of ether oxygens (including phenoxy) is 1. The molecule has 26 heavy (non-hydrogen) atoms. The molecule has 2 fully saturated rings. The van der Waals surface area contributed by atoms with Gasteiger partial charge in [-0.25, -0.2) is 0 Å². The van der Waals surface area contributed by atoms with Crippen LogP contribution in [0.5, 0.6) is 0 Å². The fraction of sp³-hybridized carbons (Fsp3) is 0.714. The quantitative estimate of drug-likeness (QED) is 0.806. The number of carboxylic acids is 1. The lowest BCUT2D eigenvalue weighted by atomic mass is 9.42. The Kier molecular flexibility index (Phi) is 3.97. The monoisotopic (exact) mass is 360 g/mol. The highest BCUT2D eigenvalue weighted by Gasteiger charge is 2.66. The van der Waals surface area contributed by atoms with Gasteiger partial charge >= 0.3 is 11.9 Å². The van der Waals surface area contributed by atoms with Crippen LogP contribution in [-0.2, 0) is 20.7 Å².